The van der Waals surface area contributed by atoms with Crippen LogP contribution in [0.1, 0.15) is 39.9 Å². The summed E-state index contributed by atoms with van der Waals surface area (Å²) in [6.45, 7) is 0. The first-order chi connectivity index (χ1) is 12.1. The molecule has 2 N–H and O–H groups in total. The zero-order valence-electron chi connectivity index (χ0n) is 13.3. The van der Waals surface area contributed by atoms with E-state index in [-0.39, 0.29) is 34.1 Å². The van der Waals surface area contributed by atoms with Gasteiger partial charge in [0.1, 0.15) is 0 Å². The van der Waals surface area contributed by atoms with Gasteiger partial charge in [0, 0.05) is 17.7 Å². The van der Waals surface area contributed by atoms with E-state index < -0.39 is 5.97 Å². The van der Waals surface area contributed by atoms with Crippen molar-refractivity contribution in [3.8, 4) is 0 Å². The van der Waals surface area contributed by atoms with Crippen LogP contribution >= 0.6 is 0 Å². The molecule has 25 heavy (non-hydrogen) atoms. The smallest absolute Gasteiger partial charge is 0.335 e. The standard InChI is InChI=1S/C19H16N2O4/c22-19(23)11-8-9-16-15(10-11)12-5-3-6-13(12)18(20-16)14-4-1-2-7-17(14)21(24)25/h1-5,7-10,12-13,18,20H,6H2,(H,22,23)/t12-,13+,18+/m0/s1. The molecule has 0 radical (unpaired) electrons. The van der Waals surface area contributed by atoms with Gasteiger partial charge in [-0.3, -0.25) is 10.1 Å². The fraction of sp³-hybridized carbons (Fsp3) is 0.211. The van der Waals surface area contributed by atoms with Gasteiger partial charge in [0.05, 0.1) is 22.1 Å². The maximum atomic E-state index is 11.4. The largest absolute Gasteiger partial charge is 0.478 e. The van der Waals surface area contributed by atoms with Gasteiger partial charge in [0.15, 0.2) is 0 Å². The molecule has 0 bridgehead atoms. The molecule has 2 aromatic carbocycles. The number of hydrogen-bond acceptors (Lipinski definition) is 4. The van der Waals surface area contributed by atoms with E-state index in [1.807, 2.05) is 6.07 Å². The molecule has 6 nitrogen and oxygen atoms in total. The SMILES string of the molecule is O=C(O)c1ccc2c(c1)[C@H]1C=CC[C@H]1[C@H](c1ccccc1[N+](=O)[O-])N2. The number of hydrogen-bond donors (Lipinski definition) is 2. The molecular weight excluding hydrogens is 320 g/mol. The molecule has 0 amide bonds. The van der Waals surface area contributed by atoms with Gasteiger partial charge in [0.25, 0.3) is 5.69 Å². The van der Waals surface area contributed by atoms with E-state index in [0.29, 0.717) is 5.56 Å². The third kappa shape index (κ3) is 2.46. The number of carbonyl (C=O) groups is 1. The van der Waals surface area contributed by atoms with Crippen molar-refractivity contribution in [3.63, 3.8) is 0 Å². The van der Waals surface area contributed by atoms with Gasteiger partial charge < -0.3 is 10.4 Å². The lowest BCUT2D eigenvalue weighted by Crippen LogP contribution is -2.29. The summed E-state index contributed by atoms with van der Waals surface area (Å²) in [5.74, 6) is -0.778. The predicted octanol–water partition coefficient (Wildman–Crippen LogP) is 4.12. The topological polar surface area (TPSA) is 92.5 Å². The Balaban J connectivity index is 1.81. The van der Waals surface area contributed by atoms with E-state index >= 15 is 0 Å². The van der Waals surface area contributed by atoms with E-state index in [4.69, 9.17) is 0 Å². The van der Waals surface area contributed by atoms with E-state index in [2.05, 4.69) is 17.5 Å². The van der Waals surface area contributed by atoms with Gasteiger partial charge in [-0.1, -0.05) is 30.4 Å². The second kappa shape index (κ2) is 5.73. The van der Waals surface area contributed by atoms with E-state index in [0.717, 1.165) is 17.7 Å². The van der Waals surface area contributed by atoms with Crippen LogP contribution in [-0.2, 0) is 0 Å². The quantitative estimate of drug-likeness (QED) is 0.500. The minimum Gasteiger partial charge on any atom is -0.478 e. The minimum atomic E-state index is -0.956. The van der Waals surface area contributed by atoms with Crippen LogP contribution in [0.2, 0.25) is 0 Å². The van der Waals surface area contributed by atoms with Gasteiger partial charge in [-0.15, -0.1) is 0 Å². The highest BCUT2D eigenvalue weighted by Crippen LogP contribution is 2.51. The zero-order chi connectivity index (χ0) is 17.6. The normalized spacial score (nSPS) is 23.4. The molecule has 0 unspecified atom stereocenters. The number of rotatable bonds is 3. The molecule has 0 spiro atoms. The van der Waals surface area contributed by atoms with Crippen molar-refractivity contribution in [2.45, 2.75) is 18.4 Å². The molecule has 0 aromatic heterocycles. The molecule has 6 heteroatoms. The van der Waals surface area contributed by atoms with Crippen LogP contribution in [0.15, 0.2) is 54.6 Å². The number of carboxylic acids is 1. The van der Waals surface area contributed by atoms with Crippen LogP contribution in [0.25, 0.3) is 0 Å². The summed E-state index contributed by atoms with van der Waals surface area (Å²) in [6, 6.07) is 11.6. The number of nitrogens with one attached hydrogen (secondary N) is 1. The zero-order valence-corrected chi connectivity index (χ0v) is 13.3. The molecule has 126 valence electrons. The van der Waals surface area contributed by atoms with Crippen LogP contribution in [0.4, 0.5) is 11.4 Å². The van der Waals surface area contributed by atoms with Crippen LogP contribution in [0.5, 0.6) is 0 Å². The Bertz CT molecular complexity index is 906. The fourth-order valence-corrected chi connectivity index (χ4v) is 3.95. The summed E-state index contributed by atoms with van der Waals surface area (Å²) < 4.78 is 0. The highest BCUT2D eigenvalue weighted by molar-refractivity contribution is 5.89. The van der Waals surface area contributed by atoms with Gasteiger partial charge in [0.2, 0.25) is 0 Å². The number of allylic oxidation sites excluding steroid dienone is 2. The molecule has 0 saturated carbocycles. The number of nitro groups is 1. The second-order valence-electron chi connectivity index (χ2n) is 6.40. The van der Waals surface area contributed by atoms with Crippen molar-refractivity contribution in [1.82, 2.24) is 0 Å². The summed E-state index contributed by atoms with van der Waals surface area (Å²) in [7, 11) is 0. The molecule has 1 aliphatic heterocycles. The van der Waals surface area contributed by atoms with Gasteiger partial charge >= 0.3 is 5.97 Å². The molecule has 2 aromatic rings. The van der Waals surface area contributed by atoms with Gasteiger partial charge in [-0.05, 0) is 36.1 Å². The van der Waals surface area contributed by atoms with Gasteiger partial charge in [-0.25, -0.2) is 4.79 Å². The minimum absolute atomic E-state index is 0.0559. The highest BCUT2D eigenvalue weighted by atomic mass is 16.6. The summed E-state index contributed by atoms with van der Waals surface area (Å²) in [5, 5.41) is 24.1. The summed E-state index contributed by atoms with van der Waals surface area (Å²) in [4.78, 5) is 22.3. The number of carboxylic acid groups (broad SMARTS) is 1. The first kappa shape index (κ1) is 15.4. The number of aromatic carboxylic acids is 1. The number of nitro benzene ring substituents is 1. The van der Waals surface area contributed by atoms with Crippen molar-refractivity contribution in [3.05, 3.63) is 81.4 Å². The lowest BCUT2D eigenvalue weighted by Gasteiger charge is -2.37. The Morgan fingerprint density at radius 3 is 2.76 bits per heavy atom. The second-order valence-corrected chi connectivity index (χ2v) is 6.40. The monoisotopic (exact) mass is 336 g/mol. The van der Waals surface area contributed by atoms with E-state index in [9.17, 15) is 20.0 Å². The lowest BCUT2D eigenvalue weighted by atomic mass is 9.76. The Hall–Kier alpha value is -3.15. The van der Waals surface area contributed by atoms with E-state index in [1.165, 1.54) is 6.07 Å². The van der Waals surface area contributed by atoms with Crippen molar-refractivity contribution in [1.29, 1.82) is 0 Å². The average molecular weight is 336 g/mol. The Kier molecular flexibility index (Phi) is 3.53. The first-order valence-corrected chi connectivity index (χ1v) is 8.10. The number of para-hydroxylation sites is 1. The highest BCUT2D eigenvalue weighted by Gasteiger charge is 2.40. The van der Waals surface area contributed by atoms with Crippen molar-refractivity contribution in [2.24, 2.45) is 5.92 Å². The van der Waals surface area contributed by atoms with Crippen LogP contribution in [0, 0.1) is 16.0 Å². The third-order valence-electron chi connectivity index (χ3n) is 5.08. The molecule has 0 saturated heterocycles. The molecule has 2 aliphatic rings. The molecular formula is C19H16N2O4. The maximum absolute atomic E-state index is 11.4. The van der Waals surface area contributed by atoms with Crippen LogP contribution in [0.3, 0.4) is 0 Å². The van der Waals surface area contributed by atoms with Crippen LogP contribution < -0.4 is 5.32 Å². The molecule has 4 rings (SSSR count). The number of fused-ring (bicyclic) bond motifs is 3. The summed E-state index contributed by atoms with van der Waals surface area (Å²) >= 11 is 0. The van der Waals surface area contributed by atoms with Gasteiger partial charge in [-0.2, -0.15) is 0 Å². The predicted molar refractivity (Wildman–Crippen MR) is 92.8 cm³/mol. The Morgan fingerprint density at radius 2 is 2.00 bits per heavy atom. The fourth-order valence-electron chi connectivity index (χ4n) is 3.95. The molecule has 3 atom stereocenters. The number of nitrogens with zero attached hydrogens (tertiary/aromatic N) is 1. The Morgan fingerprint density at radius 1 is 1.20 bits per heavy atom. The average Bonchev–Trinajstić information content (AvgIpc) is 3.10. The van der Waals surface area contributed by atoms with E-state index in [1.54, 1.807) is 30.3 Å². The number of benzene rings is 2. The number of anilines is 1. The maximum Gasteiger partial charge on any atom is 0.335 e. The Labute approximate surface area is 144 Å². The molecule has 1 heterocycles. The van der Waals surface area contributed by atoms with Crippen LogP contribution in [-0.4, -0.2) is 16.0 Å². The first-order valence-electron chi connectivity index (χ1n) is 8.10. The summed E-state index contributed by atoms with van der Waals surface area (Å²) in [6.07, 6.45) is 4.95. The molecule has 1 aliphatic carbocycles. The lowest BCUT2D eigenvalue weighted by molar-refractivity contribution is -0.385. The van der Waals surface area contributed by atoms with Crippen molar-refractivity contribution in [2.75, 3.05) is 5.32 Å². The molecule has 0 fully saturated rings. The summed E-state index contributed by atoms with van der Waals surface area (Å²) in [5.41, 5.74) is 2.80. The van der Waals surface area contributed by atoms with Crippen molar-refractivity contribution >= 4 is 17.3 Å². The third-order valence-corrected chi connectivity index (χ3v) is 5.08. The van der Waals surface area contributed by atoms with Crippen molar-refractivity contribution < 1.29 is 14.8 Å².